The van der Waals surface area contributed by atoms with Gasteiger partial charge < -0.3 is 29.7 Å². The van der Waals surface area contributed by atoms with E-state index in [1.54, 1.807) is 33.8 Å². The van der Waals surface area contributed by atoms with Crippen LogP contribution in [-0.2, 0) is 29.1 Å². The fraction of sp³-hybridized carbons (Fsp3) is 0.625. The second kappa shape index (κ2) is 15.5. The van der Waals surface area contributed by atoms with Crippen LogP contribution in [0.15, 0.2) is 36.4 Å². The first-order valence-corrected chi connectivity index (χ1v) is 20.9. The van der Waals surface area contributed by atoms with Gasteiger partial charge >= 0.3 is 6.09 Å². The monoisotopic (exact) mass is 799 g/mol. The molecular formula is C40H54FN5O9S. The van der Waals surface area contributed by atoms with E-state index in [0.29, 0.717) is 42.9 Å². The van der Waals surface area contributed by atoms with E-state index in [0.717, 1.165) is 6.42 Å². The molecule has 7 atom stereocenters. The van der Waals surface area contributed by atoms with Crippen LogP contribution in [0.2, 0.25) is 0 Å². The van der Waals surface area contributed by atoms with E-state index in [2.05, 4.69) is 27.3 Å². The Bertz CT molecular complexity index is 2020. The standard InChI is InChI=1S/C40H54FN5O9S/c1-8-24-17-23(2)11-9-10-12-26-21-40(26,36(49)45-56(51,52)39(6)15-16-39)44-33(47)30-20-28(22-46(30)35(48)32(24)43-37(50)55-38(3,4)5)54-34-29-14-13-27(41)18-25(29)19-31(42-34)53-7/h10,12-14,18-19,23-24,26,28,30,32H,8-9,11,15-17,20-22H2,1-7H3,(H,43,50)(H,44,47)(H,45,49)/b12-10-/t23-,24+,26+,28+,30-,32-,40+/m0/s1. The molecule has 306 valence electrons. The normalized spacial score (nSPS) is 29.8. The summed E-state index contributed by atoms with van der Waals surface area (Å²) in [6.07, 6.45) is 5.69. The molecule has 2 saturated carbocycles. The predicted octanol–water partition coefficient (Wildman–Crippen LogP) is 4.90. The third-order valence-corrected chi connectivity index (χ3v) is 13.7. The van der Waals surface area contributed by atoms with E-state index < -0.39 is 79.6 Å². The number of rotatable bonds is 8. The van der Waals surface area contributed by atoms with Gasteiger partial charge in [-0.05, 0) is 102 Å². The quantitative estimate of drug-likeness (QED) is 0.311. The number of hydrogen-bond acceptors (Lipinski definition) is 10. The van der Waals surface area contributed by atoms with E-state index in [4.69, 9.17) is 14.2 Å². The number of pyridine rings is 1. The third-order valence-electron chi connectivity index (χ3n) is 11.5. The van der Waals surface area contributed by atoms with E-state index in [9.17, 15) is 32.0 Å². The first kappa shape index (κ1) is 41.2. The zero-order chi connectivity index (χ0) is 40.8. The van der Waals surface area contributed by atoms with Crippen molar-refractivity contribution in [2.24, 2.45) is 17.8 Å². The van der Waals surface area contributed by atoms with Gasteiger partial charge in [0, 0.05) is 23.8 Å². The number of amides is 4. The van der Waals surface area contributed by atoms with Gasteiger partial charge in [0.1, 0.15) is 35.1 Å². The summed E-state index contributed by atoms with van der Waals surface area (Å²) in [4.78, 5) is 62.5. The van der Waals surface area contributed by atoms with Gasteiger partial charge in [-0.15, -0.1) is 0 Å². The van der Waals surface area contributed by atoms with Crippen LogP contribution in [0.25, 0.3) is 10.8 Å². The van der Waals surface area contributed by atoms with Crippen molar-refractivity contribution in [2.75, 3.05) is 13.7 Å². The third kappa shape index (κ3) is 8.74. The second-order valence-corrected chi connectivity index (χ2v) is 19.3. The zero-order valence-corrected chi connectivity index (χ0v) is 34.0. The molecule has 2 aliphatic carbocycles. The summed E-state index contributed by atoms with van der Waals surface area (Å²) in [6, 6.07) is 3.39. The molecule has 0 unspecified atom stereocenters. The Kier molecular flexibility index (Phi) is 11.4. The summed E-state index contributed by atoms with van der Waals surface area (Å²) in [6.45, 7) is 10.6. The Balaban J connectivity index is 1.38. The lowest BCUT2D eigenvalue weighted by molar-refractivity contribution is -0.142. The molecule has 16 heteroatoms. The number of nitrogens with zero attached hydrogens (tertiary/aromatic N) is 2. The van der Waals surface area contributed by atoms with Crippen LogP contribution in [0, 0.1) is 23.6 Å². The number of alkyl carbamates (subject to hydrolysis) is 1. The van der Waals surface area contributed by atoms with Crippen molar-refractivity contribution in [3.63, 3.8) is 0 Å². The topological polar surface area (TPSA) is 182 Å². The number of halogens is 1. The largest absolute Gasteiger partial charge is 0.481 e. The molecule has 56 heavy (non-hydrogen) atoms. The first-order valence-electron chi connectivity index (χ1n) is 19.4. The second-order valence-electron chi connectivity index (χ2n) is 17.1. The molecule has 3 N–H and O–H groups in total. The fourth-order valence-corrected chi connectivity index (χ4v) is 9.09. The van der Waals surface area contributed by atoms with Crippen LogP contribution in [0.1, 0.15) is 92.9 Å². The van der Waals surface area contributed by atoms with Crippen molar-refractivity contribution in [3.05, 3.63) is 42.2 Å². The average Bonchev–Trinajstić information content (AvgIpc) is 4.00. The number of hydrogen-bond donors (Lipinski definition) is 3. The van der Waals surface area contributed by atoms with Crippen LogP contribution in [-0.4, -0.2) is 89.8 Å². The molecule has 4 aliphatic rings. The number of sulfonamides is 1. The van der Waals surface area contributed by atoms with E-state index in [-0.39, 0.29) is 43.0 Å². The highest BCUT2D eigenvalue weighted by molar-refractivity contribution is 7.91. The van der Waals surface area contributed by atoms with Crippen LogP contribution < -0.4 is 24.8 Å². The van der Waals surface area contributed by atoms with Gasteiger partial charge in [-0.25, -0.2) is 17.6 Å². The fourth-order valence-electron chi connectivity index (χ4n) is 7.78. The Morgan fingerprint density at radius 2 is 1.88 bits per heavy atom. The number of ether oxygens (including phenoxy) is 3. The van der Waals surface area contributed by atoms with Gasteiger partial charge in [0.25, 0.3) is 5.91 Å². The average molecular weight is 800 g/mol. The molecular weight excluding hydrogens is 746 g/mol. The summed E-state index contributed by atoms with van der Waals surface area (Å²) < 4.78 is 59.2. The van der Waals surface area contributed by atoms with Gasteiger partial charge in [0.2, 0.25) is 33.6 Å². The lowest BCUT2D eigenvalue weighted by atomic mass is 9.85. The summed E-state index contributed by atoms with van der Waals surface area (Å²) in [5.74, 6) is -2.93. The minimum Gasteiger partial charge on any atom is -0.481 e. The smallest absolute Gasteiger partial charge is 0.408 e. The molecule has 0 radical (unpaired) electrons. The molecule has 0 spiro atoms. The van der Waals surface area contributed by atoms with Crippen LogP contribution in [0.3, 0.4) is 0 Å². The molecule has 1 saturated heterocycles. The molecule has 3 fully saturated rings. The highest BCUT2D eigenvalue weighted by Crippen LogP contribution is 2.47. The zero-order valence-electron chi connectivity index (χ0n) is 33.1. The molecule has 14 nitrogen and oxygen atoms in total. The summed E-state index contributed by atoms with van der Waals surface area (Å²) in [5, 5.41) is 6.65. The lowest BCUT2D eigenvalue weighted by Gasteiger charge is -2.34. The molecule has 0 bridgehead atoms. The number of fused-ring (bicyclic) bond motifs is 3. The van der Waals surface area contributed by atoms with Crippen molar-refractivity contribution < 1.29 is 46.2 Å². The van der Waals surface area contributed by atoms with E-state index in [1.807, 2.05) is 19.1 Å². The van der Waals surface area contributed by atoms with Gasteiger partial charge in [0.05, 0.1) is 18.4 Å². The van der Waals surface area contributed by atoms with Crippen LogP contribution in [0.4, 0.5) is 9.18 Å². The molecule has 6 rings (SSSR count). The molecule has 3 heterocycles. The van der Waals surface area contributed by atoms with Crippen molar-refractivity contribution in [2.45, 2.75) is 127 Å². The maximum absolute atomic E-state index is 14.9. The molecule has 1 aromatic heterocycles. The van der Waals surface area contributed by atoms with Crippen LogP contribution in [0.5, 0.6) is 11.8 Å². The maximum atomic E-state index is 14.9. The minimum atomic E-state index is -4.03. The van der Waals surface area contributed by atoms with Crippen molar-refractivity contribution in [3.8, 4) is 11.8 Å². The Morgan fingerprint density at radius 1 is 1.14 bits per heavy atom. The highest BCUT2D eigenvalue weighted by atomic mass is 32.2. The maximum Gasteiger partial charge on any atom is 0.408 e. The first-order chi connectivity index (χ1) is 26.3. The van der Waals surface area contributed by atoms with Gasteiger partial charge in [-0.3, -0.25) is 19.1 Å². The van der Waals surface area contributed by atoms with E-state index in [1.165, 1.54) is 30.2 Å². The Hall–Kier alpha value is -4.47. The molecule has 2 aromatic rings. The summed E-state index contributed by atoms with van der Waals surface area (Å²) in [7, 11) is -2.61. The molecule has 1 aromatic carbocycles. The summed E-state index contributed by atoms with van der Waals surface area (Å²) >= 11 is 0. The number of aromatic nitrogens is 1. The Morgan fingerprint density at radius 3 is 2.54 bits per heavy atom. The number of benzene rings is 1. The number of allylic oxidation sites excluding steroid dienone is 1. The predicted molar refractivity (Wildman–Crippen MR) is 206 cm³/mol. The number of carbonyl (C=O) groups excluding carboxylic acids is 4. The van der Waals surface area contributed by atoms with Crippen molar-refractivity contribution in [1.29, 1.82) is 0 Å². The van der Waals surface area contributed by atoms with Crippen molar-refractivity contribution in [1.82, 2.24) is 25.2 Å². The van der Waals surface area contributed by atoms with Gasteiger partial charge in [-0.1, -0.05) is 32.4 Å². The number of methoxy groups -OCH3 is 1. The van der Waals surface area contributed by atoms with E-state index >= 15 is 0 Å². The SMILES string of the molecule is CC[C@@H]1C[C@@H](C)CC/C=C\[C@@H]2C[C@@]2(C(=O)NS(=O)(=O)C2(C)CC2)NC(=O)[C@@H]2C[C@@H](Oc3nc(OC)cc4cc(F)ccc34)CN2C(=O)[C@H]1NC(=O)OC(C)(C)C. The van der Waals surface area contributed by atoms with Crippen molar-refractivity contribution >= 4 is 44.6 Å². The summed E-state index contributed by atoms with van der Waals surface area (Å²) in [5.41, 5.74) is -2.42. The molecule has 2 aliphatic heterocycles. The van der Waals surface area contributed by atoms with Gasteiger partial charge in [-0.2, -0.15) is 4.98 Å². The minimum absolute atomic E-state index is 0.0416. The Labute approximate surface area is 327 Å². The highest BCUT2D eigenvalue weighted by Gasteiger charge is 2.63. The number of nitrogens with one attached hydrogen (secondary N) is 3. The number of carbonyl (C=O) groups is 4. The molecule has 4 amide bonds. The van der Waals surface area contributed by atoms with Gasteiger partial charge in [0.15, 0.2) is 0 Å². The lowest BCUT2D eigenvalue weighted by Crippen LogP contribution is -2.59. The van der Waals surface area contributed by atoms with Crippen LogP contribution >= 0.6 is 0 Å².